The number of nitrogens with one attached hydrogen (secondary N) is 2. The van der Waals surface area contributed by atoms with E-state index in [0.717, 1.165) is 35.4 Å². The molecule has 0 atom stereocenters. The van der Waals surface area contributed by atoms with Crippen LogP contribution in [0.2, 0.25) is 0 Å². The SMILES string of the molecule is Cc1ccc2[nH]c(CNC(=O)N3CCC(Oc4ccncc4)CC3)nc2c1C. The monoisotopic (exact) mass is 379 g/mol. The van der Waals surface area contributed by atoms with E-state index in [4.69, 9.17) is 4.74 Å². The molecule has 7 nitrogen and oxygen atoms in total. The van der Waals surface area contributed by atoms with Crippen LogP contribution in [0.3, 0.4) is 0 Å². The van der Waals surface area contributed by atoms with Crippen LogP contribution < -0.4 is 10.1 Å². The Bertz CT molecular complexity index is 962. The average molecular weight is 379 g/mol. The largest absolute Gasteiger partial charge is 0.490 e. The molecule has 0 radical (unpaired) electrons. The highest BCUT2D eigenvalue weighted by Crippen LogP contribution is 2.20. The summed E-state index contributed by atoms with van der Waals surface area (Å²) in [5.74, 6) is 1.60. The molecule has 0 aliphatic carbocycles. The summed E-state index contributed by atoms with van der Waals surface area (Å²) in [4.78, 5) is 26.2. The van der Waals surface area contributed by atoms with Gasteiger partial charge < -0.3 is 19.9 Å². The number of amides is 2. The molecule has 0 bridgehead atoms. The van der Waals surface area contributed by atoms with Gasteiger partial charge in [-0.15, -0.1) is 0 Å². The molecule has 7 heteroatoms. The number of likely N-dealkylation sites (tertiary alicyclic amines) is 1. The number of aromatic amines is 1. The summed E-state index contributed by atoms with van der Waals surface area (Å²) in [7, 11) is 0. The number of ether oxygens (including phenoxy) is 1. The zero-order valence-corrected chi connectivity index (χ0v) is 16.2. The van der Waals surface area contributed by atoms with Crippen LogP contribution in [-0.4, -0.2) is 45.1 Å². The number of piperidine rings is 1. The highest BCUT2D eigenvalue weighted by Gasteiger charge is 2.24. The molecule has 1 saturated heterocycles. The standard InChI is InChI=1S/C21H25N5O2/c1-14-3-4-18-20(15(14)2)25-19(24-18)13-23-21(27)26-11-7-17(8-12-26)28-16-5-9-22-10-6-16/h3-6,9-10,17H,7-8,11-13H2,1-2H3,(H,23,27)(H,24,25). The van der Waals surface area contributed by atoms with Gasteiger partial charge in [0.1, 0.15) is 17.7 Å². The molecule has 4 rings (SSSR count). The Kier molecular flexibility index (Phi) is 5.14. The number of aromatic nitrogens is 3. The summed E-state index contributed by atoms with van der Waals surface area (Å²) < 4.78 is 5.95. The van der Waals surface area contributed by atoms with Gasteiger partial charge in [0, 0.05) is 38.3 Å². The smallest absolute Gasteiger partial charge is 0.317 e. The predicted molar refractivity (Wildman–Crippen MR) is 107 cm³/mol. The fourth-order valence-electron chi connectivity index (χ4n) is 3.51. The summed E-state index contributed by atoms with van der Waals surface area (Å²) in [5.41, 5.74) is 4.36. The van der Waals surface area contributed by atoms with Gasteiger partial charge in [0.05, 0.1) is 17.6 Å². The van der Waals surface area contributed by atoms with E-state index in [1.807, 2.05) is 23.1 Å². The van der Waals surface area contributed by atoms with Crippen molar-refractivity contribution in [2.75, 3.05) is 13.1 Å². The summed E-state index contributed by atoms with van der Waals surface area (Å²) in [5, 5.41) is 2.97. The Morgan fingerprint density at radius 2 is 1.96 bits per heavy atom. The number of imidazole rings is 1. The van der Waals surface area contributed by atoms with Gasteiger partial charge in [0.15, 0.2) is 0 Å². The van der Waals surface area contributed by atoms with E-state index in [1.54, 1.807) is 12.4 Å². The summed E-state index contributed by atoms with van der Waals surface area (Å²) >= 11 is 0. The number of hydrogen-bond acceptors (Lipinski definition) is 4. The highest BCUT2D eigenvalue weighted by atomic mass is 16.5. The molecule has 146 valence electrons. The van der Waals surface area contributed by atoms with Crippen molar-refractivity contribution in [2.45, 2.75) is 39.3 Å². The number of pyridine rings is 1. The minimum absolute atomic E-state index is 0.0595. The number of benzene rings is 1. The van der Waals surface area contributed by atoms with E-state index >= 15 is 0 Å². The molecule has 2 N–H and O–H groups in total. The zero-order valence-electron chi connectivity index (χ0n) is 16.2. The average Bonchev–Trinajstić information content (AvgIpc) is 3.14. The van der Waals surface area contributed by atoms with Gasteiger partial charge in [-0.1, -0.05) is 6.07 Å². The number of hydrogen-bond donors (Lipinski definition) is 2. The van der Waals surface area contributed by atoms with Crippen molar-refractivity contribution in [3.8, 4) is 5.75 Å². The zero-order chi connectivity index (χ0) is 19.5. The molecule has 2 aromatic heterocycles. The molecule has 1 aliphatic rings. The number of rotatable bonds is 4. The van der Waals surface area contributed by atoms with Crippen molar-refractivity contribution >= 4 is 17.1 Å². The third-order valence-corrected chi connectivity index (χ3v) is 5.32. The van der Waals surface area contributed by atoms with Gasteiger partial charge in [-0.25, -0.2) is 9.78 Å². The van der Waals surface area contributed by atoms with Gasteiger partial charge in [0.2, 0.25) is 0 Å². The molecular formula is C21H25N5O2. The summed E-state index contributed by atoms with van der Waals surface area (Å²) in [6.45, 7) is 5.89. The summed E-state index contributed by atoms with van der Waals surface area (Å²) in [6, 6.07) is 7.77. The molecule has 1 aromatic carbocycles. The van der Waals surface area contributed by atoms with Crippen molar-refractivity contribution in [3.05, 3.63) is 53.6 Å². The minimum atomic E-state index is -0.0595. The van der Waals surface area contributed by atoms with Gasteiger partial charge in [-0.3, -0.25) is 4.98 Å². The normalized spacial score (nSPS) is 15.0. The number of urea groups is 1. The van der Waals surface area contributed by atoms with Crippen LogP contribution in [-0.2, 0) is 6.54 Å². The van der Waals surface area contributed by atoms with Crippen LogP contribution in [0.1, 0.15) is 29.8 Å². The Morgan fingerprint density at radius 3 is 2.71 bits per heavy atom. The first-order valence-corrected chi connectivity index (χ1v) is 9.64. The maximum Gasteiger partial charge on any atom is 0.317 e. The molecule has 1 fully saturated rings. The Labute approximate surface area is 164 Å². The number of fused-ring (bicyclic) bond motifs is 1. The lowest BCUT2D eigenvalue weighted by molar-refractivity contribution is 0.111. The Morgan fingerprint density at radius 1 is 1.21 bits per heavy atom. The van der Waals surface area contributed by atoms with Crippen LogP contribution in [0.25, 0.3) is 11.0 Å². The quantitative estimate of drug-likeness (QED) is 0.728. The maximum absolute atomic E-state index is 12.5. The number of H-pyrrole nitrogens is 1. The second-order valence-corrected chi connectivity index (χ2v) is 7.23. The van der Waals surface area contributed by atoms with Crippen LogP contribution in [0.15, 0.2) is 36.7 Å². The third kappa shape index (κ3) is 3.93. The number of aryl methyl sites for hydroxylation is 2. The van der Waals surface area contributed by atoms with Crippen molar-refractivity contribution in [3.63, 3.8) is 0 Å². The first kappa shape index (κ1) is 18.3. The number of nitrogens with zero attached hydrogens (tertiary/aromatic N) is 3. The van der Waals surface area contributed by atoms with Gasteiger partial charge >= 0.3 is 6.03 Å². The van der Waals surface area contributed by atoms with E-state index in [1.165, 1.54) is 11.1 Å². The first-order valence-electron chi connectivity index (χ1n) is 9.64. The van der Waals surface area contributed by atoms with Crippen molar-refractivity contribution in [2.24, 2.45) is 0 Å². The van der Waals surface area contributed by atoms with Crippen LogP contribution in [0, 0.1) is 13.8 Å². The van der Waals surface area contributed by atoms with E-state index < -0.39 is 0 Å². The molecule has 0 unspecified atom stereocenters. The van der Waals surface area contributed by atoms with E-state index in [9.17, 15) is 4.79 Å². The van der Waals surface area contributed by atoms with Crippen molar-refractivity contribution in [1.29, 1.82) is 0 Å². The Balaban J connectivity index is 1.28. The Hall–Kier alpha value is -3.09. The predicted octanol–water partition coefficient (Wildman–Crippen LogP) is 3.33. The van der Waals surface area contributed by atoms with E-state index in [0.29, 0.717) is 19.6 Å². The minimum Gasteiger partial charge on any atom is -0.490 e. The topological polar surface area (TPSA) is 83.1 Å². The van der Waals surface area contributed by atoms with Crippen molar-refractivity contribution < 1.29 is 9.53 Å². The fourth-order valence-corrected chi connectivity index (χ4v) is 3.51. The van der Waals surface area contributed by atoms with E-state index in [-0.39, 0.29) is 12.1 Å². The van der Waals surface area contributed by atoms with Crippen molar-refractivity contribution in [1.82, 2.24) is 25.2 Å². The lowest BCUT2D eigenvalue weighted by Gasteiger charge is -2.32. The lowest BCUT2D eigenvalue weighted by atomic mass is 10.1. The molecule has 0 spiro atoms. The number of carbonyl (C=O) groups is 1. The van der Waals surface area contributed by atoms with E-state index in [2.05, 4.69) is 40.2 Å². The van der Waals surface area contributed by atoms with Crippen LogP contribution in [0.5, 0.6) is 5.75 Å². The maximum atomic E-state index is 12.5. The molecule has 28 heavy (non-hydrogen) atoms. The van der Waals surface area contributed by atoms with Gasteiger partial charge in [-0.05, 0) is 43.2 Å². The molecular weight excluding hydrogens is 354 g/mol. The molecule has 3 heterocycles. The molecule has 1 aliphatic heterocycles. The van der Waals surface area contributed by atoms with Gasteiger partial charge in [-0.2, -0.15) is 0 Å². The first-order chi connectivity index (χ1) is 13.6. The molecule has 3 aromatic rings. The van der Waals surface area contributed by atoms with Gasteiger partial charge in [0.25, 0.3) is 0 Å². The molecule has 0 saturated carbocycles. The molecule has 2 amide bonds. The summed E-state index contributed by atoms with van der Waals surface area (Å²) in [6.07, 6.45) is 5.21. The second kappa shape index (κ2) is 7.88. The lowest BCUT2D eigenvalue weighted by Crippen LogP contribution is -2.46. The van der Waals surface area contributed by atoms with Crippen LogP contribution in [0.4, 0.5) is 4.79 Å². The number of carbonyl (C=O) groups excluding carboxylic acids is 1. The van der Waals surface area contributed by atoms with Crippen LogP contribution >= 0.6 is 0 Å². The fraction of sp³-hybridized carbons (Fsp3) is 0.381. The third-order valence-electron chi connectivity index (χ3n) is 5.32. The highest BCUT2D eigenvalue weighted by molar-refractivity contribution is 5.80. The second-order valence-electron chi connectivity index (χ2n) is 7.23.